The minimum absolute atomic E-state index is 0.157. The monoisotopic (exact) mass is 392 g/mol. The van der Waals surface area contributed by atoms with Gasteiger partial charge in [0, 0.05) is 16.5 Å². The largest absolute Gasteiger partial charge is 0.496 e. The molecule has 1 atom stereocenters. The summed E-state index contributed by atoms with van der Waals surface area (Å²) in [4.78, 5) is 0.157. The second-order valence-electron chi connectivity index (χ2n) is 6.33. The molecule has 1 aliphatic rings. The molecule has 1 saturated carbocycles. The van der Waals surface area contributed by atoms with Gasteiger partial charge in [-0.3, -0.25) is 0 Å². The molecule has 1 aromatic rings. The normalized spacial score (nSPS) is 22.1. The lowest BCUT2D eigenvalue weighted by molar-refractivity contribution is 0.402. The molecule has 1 aromatic carbocycles. The highest BCUT2D eigenvalue weighted by Gasteiger charge is 2.67. The average molecular weight is 394 g/mol. The Morgan fingerprint density at radius 2 is 1.74 bits per heavy atom. The third-order valence-electron chi connectivity index (χ3n) is 4.99. The highest BCUT2D eigenvalue weighted by atomic mass is 79.9. The molecule has 0 radical (unpaired) electrons. The van der Waals surface area contributed by atoms with E-state index in [9.17, 15) is 4.39 Å². The predicted molar refractivity (Wildman–Crippen MR) is 83.4 cm³/mol. The van der Waals surface area contributed by atoms with Crippen LogP contribution < -0.4 is 4.74 Å². The standard InChI is InChI=1S/C15H19Br2FO/c1-14(2)13(15(14,3)4)12(17)8-6-9(16)10(18)7-11(8)19-5/h6-7,12-13H,1-5H3. The van der Waals surface area contributed by atoms with Gasteiger partial charge in [-0.05, 0) is 38.7 Å². The molecule has 0 amide bonds. The number of benzene rings is 1. The van der Waals surface area contributed by atoms with Crippen LogP contribution in [0.2, 0.25) is 0 Å². The van der Waals surface area contributed by atoms with Gasteiger partial charge in [0.1, 0.15) is 11.6 Å². The Balaban J connectivity index is 2.41. The first kappa shape index (κ1) is 15.3. The maximum Gasteiger partial charge on any atom is 0.141 e. The molecule has 106 valence electrons. The van der Waals surface area contributed by atoms with Gasteiger partial charge in [-0.2, -0.15) is 0 Å². The first-order valence-electron chi connectivity index (χ1n) is 6.31. The molecule has 1 unspecified atom stereocenters. The lowest BCUT2D eigenvalue weighted by atomic mass is 10.0. The van der Waals surface area contributed by atoms with Crippen molar-refractivity contribution in [2.75, 3.05) is 7.11 Å². The molecule has 0 saturated heterocycles. The van der Waals surface area contributed by atoms with Crippen LogP contribution in [0, 0.1) is 22.6 Å². The topological polar surface area (TPSA) is 9.23 Å². The van der Waals surface area contributed by atoms with E-state index in [1.807, 2.05) is 6.07 Å². The van der Waals surface area contributed by atoms with E-state index in [-0.39, 0.29) is 21.5 Å². The predicted octanol–water partition coefficient (Wildman–Crippen LogP) is 5.72. The number of hydrogen-bond donors (Lipinski definition) is 0. The Labute approximate surface area is 131 Å². The summed E-state index contributed by atoms with van der Waals surface area (Å²) in [5.74, 6) is 0.793. The molecule has 1 aliphatic carbocycles. The van der Waals surface area contributed by atoms with Gasteiger partial charge < -0.3 is 4.74 Å². The van der Waals surface area contributed by atoms with Crippen LogP contribution in [0.4, 0.5) is 4.39 Å². The molecule has 19 heavy (non-hydrogen) atoms. The molecule has 0 spiro atoms. The third-order valence-corrected chi connectivity index (χ3v) is 6.62. The molecule has 0 heterocycles. The Morgan fingerprint density at radius 1 is 1.21 bits per heavy atom. The number of hydrogen-bond acceptors (Lipinski definition) is 1. The first-order valence-corrected chi connectivity index (χ1v) is 8.02. The van der Waals surface area contributed by atoms with E-state index >= 15 is 0 Å². The van der Waals surface area contributed by atoms with Crippen molar-refractivity contribution < 1.29 is 9.13 Å². The maximum atomic E-state index is 13.6. The van der Waals surface area contributed by atoms with Crippen molar-refractivity contribution in [3.05, 3.63) is 28.0 Å². The van der Waals surface area contributed by atoms with Gasteiger partial charge >= 0.3 is 0 Å². The Bertz CT molecular complexity index is 497. The Morgan fingerprint density at radius 3 is 2.16 bits per heavy atom. The van der Waals surface area contributed by atoms with E-state index in [0.717, 1.165) is 5.56 Å². The zero-order chi connectivity index (χ0) is 14.6. The second kappa shape index (κ2) is 4.73. The first-order chi connectivity index (χ1) is 8.64. The SMILES string of the molecule is COc1cc(F)c(Br)cc1C(Br)C1C(C)(C)C1(C)C. The maximum absolute atomic E-state index is 13.6. The molecule has 0 N–H and O–H groups in total. The summed E-state index contributed by atoms with van der Waals surface area (Å²) in [7, 11) is 1.58. The molecule has 4 heteroatoms. The van der Waals surface area contributed by atoms with Gasteiger partial charge in [0.15, 0.2) is 0 Å². The molecule has 0 bridgehead atoms. The van der Waals surface area contributed by atoms with Crippen molar-refractivity contribution in [2.24, 2.45) is 16.7 Å². The molecule has 0 aromatic heterocycles. The number of ether oxygens (including phenoxy) is 1. The third kappa shape index (κ3) is 2.25. The number of methoxy groups -OCH3 is 1. The van der Waals surface area contributed by atoms with Crippen LogP contribution in [0.1, 0.15) is 38.1 Å². The van der Waals surface area contributed by atoms with Crippen LogP contribution in [0.25, 0.3) is 0 Å². The average Bonchev–Trinajstić information content (AvgIpc) is 2.72. The van der Waals surface area contributed by atoms with E-state index in [1.54, 1.807) is 7.11 Å². The zero-order valence-corrected chi connectivity index (χ0v) is 15.0. The van der Waals surface area contributed by atoms with Gasteiger partial charge in [0.25, 0.3) is 0 Å². The van der Waals surface area contributed by atoms with Crippen molar-refractivity contribution in [2.45, 2.75) is 32.5 Å². The van der Waals surface area contributed by atoms with E-state index in [4.69, 9.17) is 4.74 Å². The Hall–Kier alpha value is -0.0900. The Kier molecular flexibility index (Phi) is 3.81. The lowest BCUT2D eigenvalue weighted by Gasteiger charge is -2.17. The fraction of sp³-hybridized carbons (Fsp3) is 0.600. The van der Waals surface area contributed by atoms with E-state index in [0.29, 0.717) is 16.1 Å². The van der Waals surface area contributed by atoms with Gasteiger partial charge in [0.2, 0.25) is 0 Å². The van der Waals surface area contributed by atoms with Crippen LogP contribution in [0.5, 0.6) is 5.75 Å². The summed E-state index contributed by atoms with van der Waals surface area (Å²) in [6, 6.07) is 3.26. The number of alkyl halides is 1. The highest BCUT2D eigenvalue weighted by Crippen LogP contribution is 2.74. The smallest absolute Gasteiger partial charge is 0.141 e. The fourth-order valence-corrected chi connectivity index (χ4v) is 5.14. The van der Waals surface area contributed by atoms with Crippen molar-refractivity contribution in [1.82, 2.24) is 0 Å². The summed E-state index contributed by atoms with van der Waals surface area (Å²) in [5.41, 5.74) is 1.51. The van der Waals surface area contributed by atoms with E-state index in [2.05, 4.69) is 59.6 Å². The summed E-state index contributed by atoms with van der Waals surface area (Å²) in [5, 5.41) is 0. The minimum atomic E-state index is -0.297. The summed E-state index contributed by atoms with van der Waals surface area (Å²) < 4.78 is 19.4. The van der Waals surface area contributed by atoms with Crippen molar-refractivity contribution in [3.63, 3.8) is 0 Å². The van der Waals surface area contributed by atoms with Crippen LogP contribution >= 0.6 is 31.9 Å². The van der Waals surface area contributed by atoms with Gasteiger partial charge in [-0.25, -0.2) is 4.39 Å². The van der Waals surface area contributed by atoms with Crippen molar-refractivity contribution >= 4 is 31.9 Å². The minimum Gasteiger partial charge on any atom is -0.496 e. The molecular formula is C15H19Br2FO. The van der Waals surface area contributed by atoms with Crippen molar-refractivity contribution in [1.29, 1.82) is 0 Å². The molecule has 1 fully saturated rings. The molecule has 1 nitrogen and oxygen atoms in total. The second-order valence-corrected chi connectivity index (χ2v) is 8.17. The summed E-state index contributed by atoms with van der Waals surface area (Å²) in [6.07, 6.45) is 0. The van der Waals surface area contributed by atoms with Crippen LogP contribution in [0.3, 0.4) is 0 Å². The van der Waals surface area contributed by atoms with Gasteiger partial charge in [-0.15, -0.1) is 0 Å². The van der Waals surface area contributed by atoms with Crippen LogP contribution in [-0.4, -0.2) is 7.11 Å². The quantitative estimate of drug-likeness (QED) is 0.597. The number of halogens is 3. The van der Waals surface area contributed by atoms with Crippen molar-refractivity contribution in [3.8, 4) is 5.75 Å². The number of rotatable bonds is 3. The van der Waals surface area contributed by atoms with Gasteiger partial charge in [-0.1, -0.05) is 43.6 Å². The zero-order valence-electron chi connectivity index (χ0n) is 11.9. The molecule has 2 rings (SSSR count). The molecular weight excluding hydrogens is 375 g/mol. The summed E-state index contributed by atoms with van der Waals surface area (Å²) >= 11 is 7.04. The lowest BCUT2D eigenvalue weighted by Crippen LogP contribution is -2.03. The fourth-order valence-electron chi connectivity index (χ4n) is 3.09. The van der Waals surface area contributed by atoms with E-state index in [1.165, 1.54) is 6.07 Å². The summed E-state index contributed by atoms with van der Waals surface area (Å²) in [6.45, 7) is 9.10. The van der Waals surface area contributed by atoms with Crippen LogP contribution in [0.15, 0.2) is 16.6 Å². The van der Waals surface area contributed by atoms with Crippen LogP contribution in [-0.2, 0) is 0 Å². The highest BCUT2D eigenvalue weighted by molar-refractivity contribution is 9.10. The molecule has 0 aliphatic heterocycles. The van der Waals surface area contributed by atoms with Gasteiger partial charge in [0.05, 0.1) is 11.6 Å². The van der Waals surface area contributed by atoms with E-state index < -0.39 is 0 Å².